The first-order valence-corrected chi connectivity index (χ1v) is 5.22. The third-order valence-corrected chi connectivity index (χ3v) is 1.82. The van der Waals surface area contributed by atoms with E-state index < -0.39 is 5.97 Å². The fourth-order valence-electron chi connectivity index (χ4n) is 0.995. The van der Waals surface area contributed by atoms with Crippen LogP contribution in [0.3, 0.4) is 0 Å². The summed E-state index contributed by atoms with van der Waals surface area (Å²) in [5.74, 6) is -1.66. The SMILES string of the molecule is CC(=O)OCC/C(C)=C/C(=O)NCCC(=O)O. The lowest BCUT2D eigenvalue weighted by Gasteiger charge is -2.03. The zero-order valence-corrected chi connectivity index (χ0v) is 9.99. The first-order chi connectivity index (χ1) is 7.91. The molecule has 2 N–H and O–H groups in total. The molecule has 0 spiro atoms. The van der Waals surface area contributed by atoms with Crippen molar-refractivity contribution in [3.05, 3.63) is 11.6 Å². The summed E-state index contributed by atoms with van der Waals surface area (Å²) in [6.07, 6.45) is 1.74. The average molecular weight is 243 g/mol. The molecule has 0 saturated heterocycles. The summed E-state index contributed by atoms with van der Waals surface area (Å²) in [4.78, 5) is 31.9. The van der Waals surface area contributed by atoms with E-state index in [9.17, 15) is 14.4 Å². The molecule has 0 saturated carbocycles. The molecule has 6 nitrogen and oxygen atoms in total. The standard InChI is InChI=1S/C11H17NO5/c1-8(4-6-17-9(2)13)7-10(14)12-5-3-11(15)16/h7H,3-6H2,1-2H3,(H,12,14)(H,15,16)/b8-7+. The van der Waals surface area contributed by atoms with Crippen molar-refractivity contribution >= 4 is 17.8 Å². The Kier molecular flexibility index (Phi) is 7.41. The van der Waals surface area contributed by atoms with Gasteiger partial charge < -0.3 is 15.2 Å². The van der Waals surface area contributed by atoms with Crippen LogP contribution in [-0.2, 0) is 19.1 Å². The van der Waals surface area contributed by atoms with Crippen LogP contribution in [0.4, 0.5) is 0 Å². The number of carboxylic acids is 1. The van der Waals surface area contributed by atoms with Crippen molar-refractivity contribution < 1.29 is 24.2 Å². The van der Waals surface area contributed by atoms with Gasteiger partial charge in [-0.15, -0.1) is 0 Å². The highest BCUT2D eigenvalue weighted by Gasteiger charge is 2.01. The van der Waals surface area contributed by atoms with Gasteiger partial charge in [0.2, 0.25) is 5.91 Å². The number of aliphatic carboxylic acids is 1. The normalized spacial score (nSPS) is 10.8. The summed E-state index contributed by atoms with van der Waals surface area (Å²) >= 11 is 0. The van der Waals surface area contributed by atoms with Crippen molar-refractivity contribution in [2.75, 3.05) is 13.2 Å². The Morgan fingerprint density at radius 3 is 2.41 bits per heavy atom. The van der Waals surface area contributed by atoms with Crippen molar-refractivity contribution in [2.45, 2.75) is 26.7 Å². The highest BCUT2D eigenvalue weighted by Crippen LogP contribution is 1.99. The summed E-state index contributed by atoms with van der Waals surface area (Å²) in [5, 5.41) is 10.8. The molecule has 0 aromatic heterocycles. The number of esters is 1. The van der Waals surface area contributed by atoms with Crippen molar-refractivity contribution in [1.29, 1.82) is 0 Å². The third kappa shape index (κ3) is 10.4. The first kappa shape index (κ1) is 15.2. The van der Waals surface area contributed by atoms with Gasteiger partial charge in [0.25, 0.3) is 0 Å². The molecular weight excluding hydrogens is 226 g/mol. The molecule has 0 radical (unpaired) electrons. The number of carbonyl (C=O) groups is 3. The highest BCUT2D eigenvalue weighted by molar-refractivity contribution is 5.88. The number of rotatable bonds is 7. The minimum atomic E-state index is -0.958. The minimum Gasteiger partial charge on any atom is -0.481 e. The molecule has 1 amide bonds. The van der Waals surface area contributed by atoms with Crippen molar-refractivity contribution in [3.63, 3.8) is 0 Å². The van der Waals surface area contributed by atoms with Crippen LogP contribution in [-0.4, -0.2) is 36.1 Å². The molecule has 0 aromatic rings. The lowest BCUT2D eigenvalue weighted by Crippen LogP contribution is -2.24. The predicted octanol–water partition coefficient (Wildman–Crippen LogP) is 0.477. The van der Waals surface area contributed by atoms with Gasteiger partial charge in [0.05, 0.1) is 13.0 Å². The summed E-state index contributed by atoms with van der Waals surface area (Å²) in [7, 11) is 0. The summed E-state index contributed by atoms with van der Waals surface area (Å²) in [6, 6.07) is 0. The lowest BCUT2D eigenvalue weighted by molar-refractivity contribution is -0.141. The number of nitrogens with one attached hydrogen (secondary N) is 1. The first-order valence-electron chi connectivity index (χ1n) is 5.22. The van der Waals surface area contributed by atoms with Gasteiger partial charge in [-0.05, 0) is 6.92 Å². The Balaban J connectivity index is 3.81. The van der Waals surface area contributed by atoms with E-state index in [-0.39, 0.29) is 31.4 Å². The third-order valence-electron chi connectivity index (χ3n) is 1.82. The van der Waals surface area contributed by atoms with Crippen LogP contribution in [0.1, 0.15) is 26.7 Å². The second kappa shape index (κ2) is 8.32. The number of carbonyl (C=O) groups excluding carboxylic acids is 2. The van der Waals surface area contributed by atoms with E-state index in [0.717, 1.165) is 5.57 Å². The van der Waals surface area contributed by atoms with Crippen LogP contribution in [0.25, 0.3) is 0 Å². The molecule has 96 valence electrons. The zero-order chi connectivity index (χ0) is 13.3. The van der Waals surface area contributed by atoms with E-state index in [4.69, 9.17) is 9.84 Å². The van der Waals surface area contributed by atoms with Crippen LogP contribution in [0, 0.1) is 0 Å². The van der Waals surface area contributed by atoms with Crippen LogP contribution in [0.2, 0.25) is 0 Å². The van der Waals surface area contributed by atoms with E-state index in [2.05, 4.69) is 5.32 Å². The highest BCUT2D eigenvalue weighted by atomic mass is 16.5. The molecule has 0 fully saturated rings. The molecule has 0 heterocycles. The topological polar surface area (TPSA) is 92.7 Å². The Labute approximate surface area is 99.6 Å². The zero-order valence-electron chi connectivity index (χ0n) is 9.99. The molecule has 0 unspecified atom stereocenters. The molecular formula is C11H17NO5. The van der Waals surface area contributed by atoms with Gasteiger partial charge in [-0.25, -0.2) is 0 Å². The van der Waals surface area contributed by atoms with Crippen LogP contribution < -0.4 is 5.32 Å². The predicted molar refractivity (Wildman–Crippen MR) is 60.3 cm³/mol. The Bertz CT molecular complexity index is 322. The smallest absolute Gasteiger partial charge is 0.305 e. The fourth-order valence-corrected chi connectivity index (χ4v) is 0.995. The molecule has 6 heteroatoms. The van der Waals surface area contributed by atoms with Gasteiger partial charge in [-0.3, -0.25) is 14.4 Å². The van der Waals surface area contributed by atoms with E-state index in [1.165, 1.54) is 13.0 Å². The van der Waals surface area contributed by atoms with Gasteiger partial charge in [0.1, 0.15) is 0 Å². The molecule has 0 aliphatic heterocycles. The number of hydrogen-bond donors (Lipinski definition) is 2. The van der Waals surface area contributed by atoms with Gasteiger partial charge in [-0.2, -0.15) is 0 Å². The average Bonchev–Trinajstić information content (AvgIpc) is 2.15. The summed E-state index contributed by atoms with van der Waals surface area (Å²) in [5.41, 5.74) is 0.763. The number of ether oxygens (including phenoxy) is 1. The van der Waals surface area contributed by atoms with Gasteiger partial charge in [-0.1, -0.05) is 5.57 Å². The summed E-state index contributed by atoms with van der Waals surface area (Å²) < 4.78 is 4.72. The van der Waals surface area contributed by atoms with E-state index >= 15 is 0 Å². The summed E-state index contributed by atoms with van der Waals surface area (Å²) in [6.45, 7) is 3.39. The maximum Gasteiger partial charge on any atom is 0.305 e. The van der Waals surface area contributed by atoms with Crippen molar-refractivity contribution in [2.24, 2.45) is 0 Å². The largest absolute Gasteiger partial charge is 0.481 e. The molecule has 0 atom stereocenters. The van der Waals surface area contributed by atoms with Crippen LogP contribution in [0.15, 0.2) is 11.6 Å². The van der Waals surface area contributed by atoms with Crippen molar-refractivity contribution in [1.82, 2.24) is 5.32 Å². The molecule has 0 aromatic carbocycles. The monoisotopic (exact) mass is 243 g/mol. The maximum absolute atomic E-state index is 11.2. The van der Waals surface area contributed by atoms with Gasteiger partial charge >= 0.3 is 11.9 Å². The second-order valence-electron chi connectivity index (χ2n) is 3.52. The molecule has 0 bridgehead atoms. The Morgan fingerprint density at radius 2 is 1.88 bits per heavy atom. The van der Waals surface area contributed by atoms with Gasteiger partial charge in [0, 0.05) is 26.0 Å². The number of amides is 1. The molecule has 0 aliphatic rings. The fraction of sp³-hybridized carbons (Fsp3) is 0.545. The van der Waals surface area contributed by atoms with Crippen LogP contribution >= 0.6 is 0 Å². The van der Waals surface area contributed by atoms with Crippen LogP contribution in [0.5, 0.6) is 0 Å². The lowest BCUT2D eigenvalue weighted by atomic mass is 10.2. The molecule has 0 aliphatic carbocycles. The van der Waals surface area contributed by atoms with E-state index in [0.29, 0.717) is 6.42 Å². The minimum absolute atomic E-state index is 0.0991. The second-order valence-corrected chi connectivity index (χ2v) is 3.52. The number of carboxylic acid groups (broad SMARTS) is 1. The molecule has 17 heavy (non-hydrogen) atoms. The Hall–Kier alpha value is -1.85. The quantitative estimate of drug-likeness (QED) is 0.501. The van der Waals surface area contributed by atoms with E-state index in [1.54, 1.807) is 6.92 Å². The van der Waals surface area contributed by atoms with Crippen molar-refractivity contribution in [3.8, 4) is 0 Å². The Morgan fingerprint density at radius 1 is 1.24 bits per heavy atom. The molecule has 0 rings (SSSR count). The van der Waals surface area contributed by atoms with Gasteiger partial charge in [0.15, 0.2) is 0 Å². The maximum atomic E-state index is 11.2. The number of hydrogen-bond acceptors (Lipinski definition) is 4. The van der Waals surface area contributed by atoms with E-state index in [1.807, 2.05) is 0 Å².